The fourth-order valence-corrected chi connectivity index (χ4v) is 0. The highest BCUT2D eigenvalue weighted by Gasteiger charge is 1.70. The smallest absolute Gasteiger partial charge is 0.503 e. The van der Waals surface area contributed by atoms with Crippen molar-refractivity contribution in [2.45, 2.75) is 0 Å². The van der Waals surface area contributed by atoms with Gasteiger partial charge in [-0.3, -0.25) is 0 Å². The largest absolute Gasteiger partial charge is 1.00 e. The maximum absolute atomic E-state index is 8.56. The predicted molar refractivity (Wildman–Crippen MR) is 10.7 cm³/mol. The van der Waals surface area contributed by atoms with Gasteiger partial charge in [0, 0.05) is 0 Å². The van der Waals surface area contributed by atoms with Gasteiger partial charge in [-0.05, 0) is 0 Å². The molecule has 2 N–H and O–H groups in total. The SMILES string of the molecule is O=C(O)O.[Cl-].[F-]. The quantitative estimate of drug-likeness (QED) is 0.332. The molecule has 3 nitrogen and oxygen atoms in total. The number of hydrogen-bond donors (Lipinski definition) is 2. The second-order valence-corrected chi connectivity index (χ2v) is 0.283. The Bertz CT molecular complexity index is 33.8. The molecule has 0 fully saturated rings. The van der Waals surface area contributed by atoms with E-state index in [1.165, 1.54) is 0 Å². The van der Waals surface area contributed by atoms with Gasteiger partial charge in [0.15, 0.2) is 0 Å². The molecular formula is CH2ClFO3-2. The summed E-state index contributed by atoms with van der Waals surface area (Å²) < 4.78 is 0. The molecule has 0 aromatic heterocycles. The molecule has 0 aliphatic carbocycles. The molecule has 0 radical (unpaired) electrons. The summed E-state index contributed by atoms with van der Waals surface area (Å²) >= 11 is 0. The van der Waals surface area contributed by atoms with E-state index in [-0.39, 0.29) is 17.1 Å². The zero-order chi connectivity index (χ0) is 3.58. The third kappa shape index (κ3) is 83.2. The van der Waals surface area contributed by atoms with Crippen LogP contribution in [0.1, 0.15) is 0 Å². The Morgan fingerprint density at radius 1 is 1.33 bits per heavy atom. The van der Waals surface area contributed by atoms with Crippen molar-refractivity contribution >= 4 is 6.16 Å². The van der Waals surface area contributed by atoms with Gasteiger partial charge in [-0.15, -0.1) is 0 Å². The van der Waals surface area contributed by atoms with Gasteiger partial charge in [0.05, 0.1) is 0 Å². The van der Waals surface area contributed by atoms with E-state index in [0.29, 0.717) is 0 Å². The minimum Gasteiger partial charge on any atom is -1.00 e. The lowest BCUT2D eigenvalue weighted by Crippen LogP contribution is -3.00. The molecule has 0 aromatic rings. The summed E-state index contributed by atoms with van der Waals surface area (Å²) in [6, 6.07) is 0. The van der Waals surface area contributed by atoms with E-state index in [0.717, 1.165) is 0 Å². The van der Waals surface area contributed by atoms with Crippen LogP contribution in [0.25, 0.3) is 0 Å². The number of carbonyl (C=O) groups is 1. The van der Waals surface area contributed by atoms with Gasteiger partial charge in [0.25, 0.3) is 0 Å². The van der Waals surface area contributed by atoms with Crippen LogP contribution in [0.2, 0.25) is 0 Å². The van der Waals surface area contributed by atoms with Crippen LogP contribution in [0, 0.1) is 0 Å². The summed E-state index contributed by atoms with van der Waals surface area (Å²) in [4.78, 5) is 8.56. The van der Waals surface area contributed by atoms with Crippen LogP contribution >= 0.6 is 0 Å². The van der Waals surface area contributed by atoms with Crippen LogP contribution in [0.5, 0.6) is 0 Å². The molecule has 0 aromatic carbocycles. The molecule has 0 heterocycles. The van der Waals surface area contributed by atoms with Crippen molar-refractivity contribution < 1.29 is 32.1 Å². The van der Waals surface area contributed by atoms with Crippen LogP contribution in [0.4, 0.5) is 4.79 Å². The number of carboxylic acid groups (broad SMARTS) is 2. The minimum absolute atomic E-state index is 0. The first-order chi connectivity index (χ1) is 1.73. The van der Waals surface area contributed by atoms with Crippen LogP contribution in [0.15, 0.2) is 0 Å². The molecule has 40 valence electrons. The Morgan fingerprint density at radius 2 is 1.33 bits per heavy atom. The van der Waals surface area contributed by atoms with Crippen molar-refractivity contribution in [2.24, 2.45) is 0 Å². The van der Waals surface area contributed by atoms with Crippen molar-refractivity contribution in [3.63, 3.8) is 0 Å². The fourth-order valence-electron chi connectivity index (χ4n) is 0. The Hall–Kier alpha value is -0.510. The molecular weight excluding hydrogens is 114 g/mol. The molecule has 0 saturated carbocycles. The van der Waals surface area contributed by atoms with Gasteiger partial charge >= 0.3 is 6.16 Å². The summed E-state index contributed by atoms with van der Waals surface area (Å²) in [7, 11) is 0. The van der Waals surface area contributed by atoms with Crippen molar-refractivity contribution in [3.05, 3.63) is 0 Å². The second-order valence-electron chi connectivity index (χ2n) is 0.283. The molecule has 6 heavy (non-hydrogen) atoms. The average Bonchev–Trinajstić information content (AvgIpc) is 0.811. The first-order valence-electron chi connectivity index (χ1n) is 0.651. The molecule has 0 amide bonds. The molecule has 0 atom stereocenters. The van der Waals surface area contributed by atoms with E-state index in [1.54, 1.807) is 0 Å². The first kappa shape index (κ1) is 17.9. The lowest BCUT2D eigenvalue weighted by atomic mass is 11.5. The lowest BCUT2D eigenvalue weighted by Gasteiger charge is -1.60. The zero-order valence-corrected chi connectivity index (χ0v) is 3.31. The van der Waals surface area contributed by atoms with Gasteiger partial charge in [0.2, 0.25) is 0 Å². The summed E-state index contributed by atoms with van der Waals surface area (Å²) in [6.07, 6.45) is -1.83. The summed E-state index contributed by atoms with van der Waals surface area (Å²) in [6.45, 7) is 0. The van der Waals surface area contributed by atoms with Crippen LogP contribution in [0.3, 0.4) is 0 Å². The van der Waals surface area contributed by atoms with Gasteiger partial charge in [-0.25, -0.2) is 4.79 Å². The third-order valence-corrected chi connectivity index (χ3v) is 0. The van der Waals surface area contributed by atoms with Gasteiger partial charge < -0.3 is 27.3 Å². The Morgan fingerprint density at radius 3 is 1.33 bits per heavy atom. The van der Waals surface area contributed by atoms with Crippen molar-refractivity contribution in [1.82, 2.24) is 0 Å². The molecule has 0 saturated heterocycles. The summed E-state index contributed by atoms with van der Waals surface area (Å²) in [5.41, 5.74) is 0. The Labute approximate surface area is 39.4 Å². The van der Waals surface area contributed by atoms with E-state index in [4.69, 9.17) is 15.0 Å². The first-order valence-corrected chi connectivity index (χ1v) is 0.651. The van der Waals surface area contributed by atoms with E-state index < -0.39 is 6.16 Å². The Kier molecular flexibility index (Phi) is 26.2. The molecule has 0 unspecified atom stereocenters. The van der Waals surface area contributed by atoms with Gasteiger partial charge in [-0.1, -0.05) is 0 Å². The predicted octanol–water partition coefficient (Wildman–Crippen LogP) is -5.77. The van der Waals surface area contributed by atoms with Crippen molar-refractivity contribution in [3.8, 4) is 0 Å². The van der Waals surface area contributed by atoms with E-state index in [2.05, 4.69) is 0 Å². The van der Waals surface area contributed by atoms with Crippen molar-refractivity contribution in [2.75, 3.05) is 0 Å². The molecule has 5 heteroatoms. The monoisotopic (exact) mass is 116 g/mol. The van der Waals surface area contributed by atoms with Gasteiger partial charge in [-0.2, -0.15) is 0 Å². The highest BCUT2D eigenvalue weighted by Crippen LogP contribution is 1.42. The van der Waals surface area contributed by atoms with Gasteiger partial charge in [0.1, 0.15) is 0 Å². The summed E-state index contributed by atoms with van der Waals surface area (Å²) in [5, 5.41) is 13.9. The Balaban J connectivity index is -0.0000000450. The lowest BCUT2D eigenvalue weighted by molar-refractivity contribution is -0.00100. The molecule has 0 rings (SSSR count). The zero-order valence-electron chi connectivity index (χ0n) is 2.56. The second kappa shape index (κ2) is 8.82. The minimum atomic E-state index is -1.83. The van der Waals surface area contributed by atoms with Crippen LogP contribution < -0.4 is 17.1 Å². The van der Waals surface area contributed by atoms with E-state index in [9.17, 15) is 0 Å². The maximum atomic E-state index is 8.56. The number of halogens is 2. The third-order valence-electron chi connectivity index (χ3n) is 0. The molecule has 0 aliphatic rings. The number of hydrogen-bond acceptors (Lipinski definition) is 1. The molecule has 0 spiro atoms. The van der Waals surface area contributed by atoms with Crippen molar-refractivity contribution in [1.29, 1.82) is 0 Å². The normalized spacial score (nSPS) is 4.00. The number of rotatable bonds is 0. The van der Waals surface area contributed by atoms with E-state index >= 15 is 0 Å². The summed E-state index contributed by atoms with van der Waals surface area (Å²) in [5.74, 6) is 0. The van der Waals surface area contributed by atoms with Crippen LogP contribution in [-0.2, 0) is 0 Å². The molecule has 0 aliphatic heterocycles. The highest BCUT2D eigenvalue weighted by atomic mass is 35.5. The average molecular weight is 116 g/mol. The van der Waals surface area contributed by atoms with E-state index in [1.807, 2.05) is 0 Å². The van der Waals surface area contributed by atoms with Crippen LogP contribution in [-0.4, -0.2) is 16.4 Å². The maximum Gasteiger partial charge on any atom is 0.503 e. The topological polar surface area (TPSA) is 57.5 Å². The molecule has 0 bridgehead atoms. The standard InChI is InChI=1S/CH2O3.ClH.FH/c2-1(3)4;;/h(H2,2,3,4);2*1H/p-2. The fraction of sp³-hybridized carbons (Fsp3) is 0. The highest BCUT2D eigenvalue weighted by molar-refractivity contribution is 5.53.